The summed E-state index contributed by atoms with van der Waals surface area (Å²) in [5.74, 6) is 1.48. The molecule has 1 aromatic heterocycles. The molecule has 0 spiro atoms. The van der Waals surface area contributed by atoms with Crippen LogP contribution in [0.2, 0.25) is 0 Å². The summed E-state index contributed by atoms with van der Waals surface area (Å²) in [4.78, 5) is 12.1. The van der Waals surface area contributed by atoms with E-state index in [1.807, 2.05) is 48.6 Å². The van der Waals surface area contributed by atoms with Crippen molar-refractivity contribution in [2.45, 2.75) is 12.8 Å². The third kappa shape index (κ3) is 1.62. The van der Waals surface area contributed by atoms with Gasteiger partial charge >= 0.3 is 0 Å². The van der Waals surface area contributed by atoms with Gasteiger partial charge in [0.05, 0.1) is 5.92 Å². The van der Waals surface area contributed by atoms with Gasteiger partial charge in [0.2, 0.25) is 0 Å². The first-order valence-electron chi connectivity index (χ1n) is 7.75. The molecule has 2 aromatic carbocycles. The molecular formula is C20H14O3. The van der Waals surface area contributed by atoms with E-state index >= 15 is 0 Å². The maximum atomic E-state index is 12.1. The van der Waals surface area contributed by atoms with Gasteiger partial charge in [-0.25, -0.2) is 0 Å². The van der Waals surface area contributed by atoms with Gasteiger partial charge in [-0.3, -0.25) is 4.79 Å². The van der Waals surface area contributed by atoms with Gasteiger partial charge in [-0.05, 0) is 31.2 Å². The first-order chi connectivity index (χ1) is 11.2. The van der Waals surface area contributed by atoms with Crippen LogP contribution >= 0.6 is 0 Å². The Kier molecular flexibility index (Phi) is 2.41. The first-order valence-corrected chi connectivity index (χ1v) is 7.75. The highest BCUT2D eigenvalue weighted by molar-refractivity contribution is 6.07. The molecule has 2 unspecified atom stereocenters. The summed E-state index contributed by atoms with van der Waals surface area (Å²) in [5.41, 5.74) is 2.69. The Morgan fingerprint density at radius 1 is 1.09 bits per heavy atom. The summed E-state index contributed by atoms with van der Waals surface area (Å²) in [5, 5.41) is 2.16. The van der Waals surface area contributed by atoms with Crippen LogP contribution in [0.25, 0.3) is 21.9 Å². The van der Waals surface area contributed by atoms with E-state index in [4.69, 9.17) is 9.15 Å². The molecule has 1 aliphatic carbocycles. The summed E-state index contributed by atoms with van der Waals surface area (Å²) in [6.07, 6.45) is 5.80. The number of para-hydroxylation sites is 1. The van der Waals surface area contributed by atoms with Crippen LogP contribution in [0.5, 0.6) is 5.75 Å². The topological polar surface area (TPSA) is 39.4 Å². The minimum Gasteiger partial charge on any atom is -0.461 e. The molecule has 1 aliphatic heterocycles. The third-order valence-corrected chi connectivity index (χ3v) is 4.80. The molecule has 23 heavy (non-hydrogen) atoms. The lowest BCUT2D eigenvalue weighted by atomic mass is 9.80. The standard InChI is InChI=1S/C20H14O3/c1-11(21)12-6-4-8-16-18(12)19-17(22-16)10-9-14-13-5-2-3-7-15(13)23-20(14)19/h2-10,12,18H,1H3. The lowest BCUT2D eigenvalue weighted by molar-refractivity contribution is -0.119. The van der Waals surface area contributed by atoms with Crippen molar-refractivity contribution in [1.29, 1.82) is 0 Å². The Morgan fingerprint density at radius 3 is 2.83 bits per heavy atom. The van der Waals surface area contributed by atoms with Gasteiger partial charge in [0.15, 0.2) is 0 Å². The number of allylic oxidation sites excluding steroid dienone is 4. The van der Waals surface area contributed by atoms with Crippen LogP contribution in [-0.4, -0.2) is 5.78 Å². The molecule has 2 heterocycles. The molecule has 0 amide bonds. The van der Waals surface area contributed by atoms with E-state index in [2.05, 4.69) is 6.07 Å². The molecule has 3 nitrogen and oxygen atoms in total. The zero-order chi connectivity index (χ0) is 15.6. The number of benzene rings is 2. The predicted octanol–water partition coefficient (Wildman–Crippen LogP) is 4.72. The monoisotopic (exact) mass is 302 g/mol. The van der Waals surface area contributed by atoms with Gasteiger partial charge in [0.1, 0.15) is 28.5 Å². The number of ketones is 1. The van der Waals surface area contributed by atoms with Crippen LogP contribution in [0, 0.1) is 5.92 Å². The van der Waals surface area contributed by atoms with Gasteiger partial charge in [0.25, 0.3) is 0 Å². The zero-order valence-electron chi connectivity index (χ0n) is 12.6. The van der Waals surface area contributed by atoms with E-state index in [-0.39, 0.29) is 17.6 Å². The largest absolute Gasteiger partial charge is 0.461 e. The molecule has 2 atom stereocenters. The highest BCUT2D eigenvalue weighted by Crippen LogP contribution is 2.51. The molecule has 0 radical (unpaired) electrons. The Labute approximate surface area is 132 Å². The number of carbonyl (C=O) groups is 1. The quantitative estimate of drug-likeness (QED) is 0.653. The molecule has 0 saturated carbocycles. The van der Waals surface area contributed by atoms with Crippen LogP contribution in [-0.2, 0) is 4.79 Å². The van der Waals surface area contributed by atoms with Crippen molar-refractivity contribution in [3.8, 4) is 5.75 Å². The summed E-state index contributed by atoms with van der Waals surface area (Å²) in [6, 6.07) is 12.0. The van der Waals surface area contributed by atoms with E-state index in [0.29, 0.717) is 0 Å². The predicted molar refractivity (Wildman–Crippen MR) is 88.5 cm³/mol. The molecule has 2 aliphatic rings. The van der Waals surface area contributed by atoms with E-state index in [1.165, 1.54) is 0 Å². The van der Waals surface area contributed by atoms with Crippen molar-refractivity contribution < 1.29 is 13.9 Å². The SMILES string of the molecule is CC(=O)C1C=CC=C2Oc3ccc4c(oc5ccccc54)c3C21. The van der Waals surface area contributed by atoms with Gasteiger partial charge < -0.3 is 9.15 Å². The summed E-state index contributed by atoms with van der Waals surface area (Å²) in [7, 11) is 0. The Balaban J connectivity index is 1.85. The molecule has 3 heteroatoms. The van der Waals surface area contributed by atoms with Crippen LogP contribution in [0.4, 0.5) is 0 Å². The van der Waals surface area contributed by atoms with Crippen molar-refractivity contribution in [2.24, 2.45) is 5.92 Å². The second-order valence-electron chi connectivity index (χ2n) is 6.12. The van der Waals surface area contributed by atoms with Crippen molar-refractivity contribution >= 4 is 27.7 Å². The minimum atomic E-state index is -0.199. The number of ether oxygens (including phenoxy) is 1. The van der Waals surface area contributed by atoms with Crippen LogP contribution in [0.1, 0.15) is 18.4 Å². The molecule has 3 aromatic rings. The Morgan fingerprint density at radius 2 is 1.96 bits per heavy atom. The van der Waals surface area contributed by atoms with Gasteiger partial charge in [0, 0.05) is 22.3 Å². The maximum absolute atomic E-state index is 12.1. The average Bonchev–Trinajstić information content (AvgIpc) is 3.11. The fraction of sp³-hybridized carbons (Fsp3) is 0.150. The molecular weight excluding hydrogens is 288 g/mol. The second kappa shape index (κ2) is 4.35. The molecule has 0 bridgehead atoms. The normalized spacial score (nSPS) is 21.9. The van der Waals surface area contributed by atoms with Gasteiger partial charge in [-0.2, -0.15) is 0 Å². The van der Waals surface area contributed by atoms with Crippen molar-refractivity contribution in [1.82, 2.24) is 0 Å². The molecule has 5 rings (SSSR count). The minimum absolute atomic E-state index is 0.0863. The molecule has 0 N–H and O–H groups in total. The van der Waals surface area contributed by atoms with Gasteiger partial charge in [-0.15, -0.1) is 0 Å². The van der Waals surface area contributed by atoms with Crippen molar-refractivity contribution in [3.63, 3.8) is 0 Å². The summed E-state index contributed by atoms with van der Waals surface area (Å²) in [6.45, 7) is 1.63. The number of carbonyl (C=O) groups excluding carboxylic acids is 1. The maximum Gasteiger partial charge on any atom is 0.143 e. The molecule has 112 valence electrons. The second-order valence-corrected chi connectivity index (χ2v) is 6.12. The zero-order valence-corrected chi connectivity index (χ0v) is 12.6. The van der Waals surface area contributed by atoms with Crippen molar-refractivity contribution in [2.75, 3.05) is 0 Å². The fourth-order valence-electron chi connectivity index (χ4n) is 3.75. The molecule has 0 saturated heterocycles. The fourth-order valence-corrected chi connectivity index (χ4v) is 3.75. The smallest absolute Gasteiger partial charge is 0.143 e. The van der Waals surface area contributed by atoms with Crippen LogP contribution < -0.4 is 4.74 Å². The molecule has 0 fully saturated rings. The number of fused-ring (bicyclic) bond motifs is 7. The van der Waals surface area contributed by atoms with E-state index in [1.54, 1.807) is 6.92 Å². The van der Waals surface area contributed by atoms with Gasteiger partial charge in [-0.1, -0.05) is 30.4 Å². The Hall–Kier alpha value is -2.81. The summed E-state index contributed by atoms with van der Waals surface area (Å²) >= 11 is 0. The van der Waals surface area contributed by atoms with Crippen molar-refractivity contribution in [3.05, 3.63) is 65.9 Å². The first kappa shape index (κ1) is 12.7. The van der Waals surface area contributed by atoms with E-state index in [0.717, 1.165) is 39.0 Å². The highest BCUT2D eigenvalue weighted by Gasteiger charge is 2.40. The lowest BCUT2D eigenvalue weighted by Crippen LogP contribution is -2.20. The average molecular weight is 302 g/mol. The van der Waals surface area contributed by atoms with E-state index in [9.17, 15) is 4.79 Å². The number of hydrogen-bond donors (Lipinski definition) is 0. The number of Topliss-reactive ketones (excluding diaryl/α,β-unsaturated/α-hetero) is 1. The van der Waals surface area contributed by atoms with E-state index < -0.39 is 0 Å². The lowest BCUT2D eigenvalue weighted by Gasteiger charge is -2.20. The third-order valence-electron chi connectivity index (χ3n) is 4.80. The number of furan rings is 1. The summed E-state index contributed by atoms with van der Waals surface area (Å²) < 4.78 is 12.1. The van der Waals surface area contributed by atoms with Crippen LogP contribution in [0.15, 0.2) is 64.8 Å². The van der Waals surface area contributed by atoms with Crippen LogP contribution in [0.3, 0.4) is 0 Å². The number of hydrogen-bond acceptors (Lipinski definition) is 3. The Bertz CT molecular complexity index is 1040. The highest BCUT2D eigenvalue weighted by atomic mass is 16.5. The number of rotatable bonds is 1.